The number of hydrogen-bond donors (Lipinski definition) is 0. The summed E-state index contributed by atoms with van der Waals surface area (Å²) in [6, 6.07) is 10.3. The third kappa shape index (κ3) is 3.85. The standard InChI is InChI=1S/C19H17NO5/c1-11-4-5-14(8-12(11)2)23-10-18-20-17-9-15(24-13(3)21)6-7-16(17)19(22)25-18/h4-9H,10H2,1-3H3. The highest BCUT2D eigenvalue weighted by Gasteiger charge is 2.09. The lowest BCUT2D eigenvalue weighted by Crippen LogP contribution is -2.08. The van der Waals surface area contributed by atoms with Crippen LogP contribution in [-0.4, -0.2) is 11.0 Å². The van der Waals surface area contributed by atoms with E-state index in [1.165, 1.54) is 30.7 Å². The van der Waals surface area contributed by atoms with Gasteiger partial charge in [0, 0.05) is 13.0 Å². The molecule has 1 heterocycles. The Kier molecular flexibility index (Phi) is 4.52. The molecular formula is C19H17NO5. The van der Waals surface area contributed by atoms with E-state index in [0.717, 1.165) is 5.56 Å². The molecule has 0 N–H and O–H groups in total. The van der Waals surface area contributed by atoms with Crippen molar-refractivity contribution in [2.45, 2.75) is 27.4 Å². The van der Waals surface area contributed by atoms with Gasteiger partial charge in [0.25, 0.3) is 0 Å². The lowest BCUT2D eigenvalue weighted by Gasteiger charge is -2.08. The number of carbonyl (C=O) groups excluding carboxylic acids is 1. The average Bonchev–Trinajstić information content (AvgIpc) is 2.55. The first-order valence-corrected chi connectivity index (χ1v) is 7.74. The molecule has 25 heavy (non-hydrogen) atoms. The van der Waals surface area contributed by atoms with Crippen LogP contribution in [0.1, 0.15) is 23.9 Å². The summed E-state index contributed by atoms with van der Waals surface area (Å²) in [5.41, 5.74) is 2.14. The number of carbonyl (C=O) groups is 1. The minimum absolute atomic E-state index is 0.0193. The molecule has 0 aliphatic rings. The monoisotopic (exact) mass is 339 g/mol. The highest BCUT2D eigenvalue weighted by molar-refractivity contribution is 5.80. The van der Waals surface area contributed by atoms with Crippen molar-refractivity contribution in [1.82, 2.24) is 4.98 Å². The molecule has 3 aromatic rings. The SMILES string of the molecule is CC(=O)Oc1ccc2c(=O)oc(COc3ccc(C)c(C)c3)nc2c1. The Morgan fingerprint density at radius 3 is 2.56 bits per heavy atom. The molecule has 0 saturated carbocycles. The van der Waals surface area contributed by atoms with Gasteiger partial charge in [-0.3, -0.25) is 4.79 Å². The molecule has 0 unspecified atom stereocenters. The molecule has 6 heteroatoms. The summed E-state index contributed by atoms with van der Waals surface area (Å²) in [7, 11) is 0. The normalized spacial score (nSPS) is 10.7. The zero-order valence-corrected chi connectivity index (χ0v) is 14.2. The molecule has 0 aliphatic carbocycles. The average molecular weight is 339 g/mol. The molecule has 3 rings (SSSR count). The van der Waals surface area contributed by atoms with E-state index in [1.54, 1.807) is 0 Å². The van der Waals surface area contributed by atoms with Crippen LogP contribution in [0.2, 0.25) is 0 Å². The fraction of sp³-hybridized carbons (Fsp3) is 0.211. The second-order valence-electron chi connectivity index (χ2n) is 5.70. The Morgan fingerprint density at radius 1 is 1.08 bits per heavy atom. The Balaban J connectivity index is 1.86. The van der Waals surface area contributed by atoms with Crippen LogP contribution in [0.15, 0.2) is 45.6 Å². The van der Waals surface area contributed by atoms with Crippen LogP contribution in [0.4, 0.5) is 0 Å². The van der Waals surface area contributed by atoms with E-state index < -0.39 is 11.6 Å². The summed E-state index contributed by atoms with van der Waals surface area (Å²) < 4.78 is 15.8. The van der Waals surface area contributed by atoms with E-state index in [4.69, 9.17) is 13.9 Å². The topological polar surface area (TPSA) is 78.6 Å². The quantitative estimate of drug-likeness (QED) is 0.536. The van der Waals surface area contributed by atoms with Crippen molar-refractivity contribution in [1.29, 1.82) is 0 Å². The van der Waals surface area contributed by atoms with Crippen molar-refractivity contribution >= 4 is 16.9 Å². The molecule has 128 valence electrons. The summed E-state index contributed by atoms with van der Waals surface area (Å²) in [4.78, 5) is 27.4. The maximum Gasteiger partial charge on any atom is 0.346 e. The van der Waals surface area contributed by atoms with Gasteiger partial charge >= 0.3 is 11.6 Å². The molecule has 6 nitrogen and oxygen atoms in total. The first kappa shape index (κ1) is 16.7. The van der Waals surface area contributed by atoms with Crippen LogP contribution in [0.3, 0.4) is 0 Å². The van der Waals surface area contributed by atoms with E-state index in [2.05, 4.69) is 4.98 Å². The smallest absolute Gasteiger partial charge is 0.346 e. The lowest BCUT2D eigenvalue weighted by molar-refractivity contribution is -0.131. The number of aromatic nitrogens is 1. The van der Waals surface area contributed by atoms with E-state index >= 15 is 0 Å². The number of aryl methyl sites for hydroxylation is 2. The molecule has 0 fully saturated rings. The molecule has 1 aromatic heterocycles. The van der Waals surface area contributed by atoms with Crippen molar-refractivity contribution in [3.8, 4) is 11.5 Å². The predicted octanol–water partition coefficient (Wildman–Crippen LogP) is 3.31. The number of fused-ring (bicyclic) bond motifs is 1. The molecule has 0 radical (unpaired) electrons. The van der Waals surface area contributed by atoms with Crippen LogP contribution in [0.5, 0.6) is 11.5 Å². The summed E-state index contributed by atoms with van der Waals surface area (Å²) in [6.07, 6.45) is 0. The minimum atomic E-state index is -0.516. The molecule has 2 aromatic carbocycles. The Morgan fingerprint density at radius 2 is 1.84 bits per heavy atom. The molecular weight excluding hydrogens is 322 g/mol. The third-order valence-electron chi connectivity index (χ3n) is 3.75. The largest absolute Gasteiger partial charge is 0.484 e. The fourth-order valence-electron chi connectivity index (χ4n) is 2.34. The molecule has 0 amide bonds. The molecule has 0 aliphatic heterocycles. The van der Waals surface area contributed by atoms with Gasteiger partial charge in [0.2, 0.25) is 5.89 Å². The summed E-state index contributed by atoms with van der Waals surface area (Å²) in [6.45, 7) is 5.34. The highest BCUT2D eigenvalue weighted by Crippen LogP contribution is 2.20. The maximum absolute atomic E-state index is 12.1. The van der Waals surface area contributed by atoms with Crippen LogP contribution < -0.4 is 15.1 Å². The van der Waals surface area contributed by atoms with E-state index in [1.807, 2.05) is 32.0 Å². The minimum Gasteiger partial charge on any atom is -0.484 e. The summed E-state index contributed by atoms with van der Waals surface area (Å²) in [5.74, 6) is 0.691. The van der Waals surface area contributed by atoms with Crippen LogP contribution in [-0.2, 0) is 11.4 Å². The van der Waals surface area contributed by atoms with E-state index in [0.29, 0.717) is 22.4 Å². The predicted molar refractivity (Wildman–Crippen MR) is 91.8 cm³/mol. The molecule has 0 spiro atoms. The van der Waals surface area contributed by atoms with E-state index in [-0.39, 0.29) is 12.5 Å². The number of ether oxygens (including phenoxy) is 2. The van der Waals surface area contributed by atoms with Gasteiger partial charge in [-0.15, -0.1) is 0 Å². The van der Waals surface area contributed by atoms with Gasteiger partial charge in [0.15, 0.2) is 6.61 Å². The third-order valence-corrected chi connectivity index (χ3v) is 3.75. The zero-order valence-electron chi connectivity index (χ0n) is 14.2. The zero-order chi connectivity index (χ0) is 18.0. The lowest BCUT2D eigenvalue weighted by atomic mass is 10.1. The van der Waals surface area contributed by atoms with Crippen LogP contribution >= 0.6 is 0 Å². The van der Waals surface area contributed by atoms with E-state index in [9.17, 15) is 9.59 Å². The van der Waals surface area contributed by atoms with Crippen molar-refractivity contribution in [2.75, 3.05) is 0 Å². The number of nitrogens with zero attached hydrogens (tertiary/aromatic N) is 1. The van der Waals surface area contributed by atoms with Gasteiger partial charge in [0.05, 0.1) is 10.9 Å². The number of rotatable bonds is 4. The van der Waals surface area contributed by atoms with Crippen molar-refractivity contribution < 1.29 is 18.7 Å². The van der Waals surface area contributed by atoms with Gasteiger partial charge in [-0.2, -0.15) is 0 Å². The van der Waals surface area contributed by atoms with Crippen LogP contribution in [0.25, 0.3) is 10.9 Å². The molecule has 0 saturated heterocycles. The second kappa shape index (κ2) is 6.76. The first-order valence-electron chi connectivity index (χ1n) is 7.74. The summed E-state index contributed by atoms with van der Waals surface area (Å²) >= 11 is 0. The molecule has 0 bridgehead atoms. The number of esters is 1. The fourth-order valence-corrected chi connectivity index (χ4v) is 2.34. The van der Waals surface area contributed by atoms with Gasteiger partial charge in [-0.1, -0.05) is 6.07 Å². The van der Waals surface area contributed by atoms with Gasteiger partial charge in [-0.25, -0.2) is 9.78 Å². The highest BCUT2D eigenvalue weighted by atomic mass is 16.5. The number of hydrogen-bond acceptors (Lipinski definition) is 6. The molecule has 0 atom stereocenters. The number of benzene rings is 2. The maximum atomic E-state index is 12.1. The van der Waals surface area contributed by atoms with Crippen molar-refractivity contribution in [3.05, 3.63) is 63.8 Å². The Bertz CT molecular complexity index is 1010. The van der Waals surface area contributed by atoms with Crippen molar-refractivity contribution in [3.63, 3.8) is 0 Å². The van der Waals surface area contributed by atoms with Gasteiger partial charge < -0.3 is 13.9 Å². The second-order valence-corrected chi connectivity index (χ2v) is 5.70. The van der Waals surface area contributed by atoms with Gasteiger partial charge in [0.1, 0.15) is 11.5 Å². The summed E-state index contributed by atoms with van der Waals surface area (Å²) in [5, 5.41) is 0.311. The Hall–Kier alpha value is -3.15. The van der Waals surface area contributed by atoms with Gasteiger partial charge in [-0.05, 0) is 49.2 Å². The Labute approximate surface area is 144 Å². The first-order chi connectivity index (χ1) is 11.9. The van der Waals surface area contributed by atoms with Crippen LogP contribution in [0, 0.1) is 13.8 Å². The van der Waals surface area contributed by atoms with Crippen molar-refractivity contribution in [2.24, 2.45) is 0 Å².